The number of carbonyl (C=O) groups is 2. The van der Waals surface area contributed by atoms with Crippen LogP contribution in [0.2, 0.25) is 0 Å². The molecule has 126 valence electrons. The molecule has 1 spiro atoms. The van der Waals surface area contributed by atoms with Crippen LogP contribution in [0.4, 0.5) is 0 Å². The van der Waals surface area contributed by atoms with Gasteiger partial charge in [-0.1, -0.05) is 0 Å². The summed E-state index contributed by atoms with van der Waals surface area (Å²) in [6.45, 7) is 2.51. The summed E-state index contributed by atoms with van der Waals surface area (Å²) >= 11 is 0. The molecule has 0 unspecified atom stereocenters. The average Bonchev–Trinajstić information content (AvgIpc) is 3.10. The second-order valence-electron chi connectivity index (χ2n) is 6.62. The molecule has 8 heteroatoms. The lowest BCUT2D eigenvalue weighted by atomic mass is 9.79. The monoisotopic (exact) mass is 340 g/mol. The molecule has 0 aliphatic carbocycles. The number of hydrogen-bond acceptors (Lipinski definition) is 5. The highest BCUT2D eigenvalue weighted by molar-refractivity contribution is 7.90. The van der Waals surface area contributed by atoms with Crippen molar-refractivity contribution in [3.05, 3.63) is 24.2 Å². The van der Waals surface area contributed by atoms with Gasteiger partial charge in [-0.2, -0.15) is 0 Å². The molecule has 2 amide bonds. The van der Waals surface area contributed by atoms with Gasteiger partial charge in [0.25, 0.3) is 5.91 Å². The summed E-state index contributed by atoms with van der Waals surface area (Å²) < 4.78 is 27.2. The second kappa shape index (κ2) is 5.67. The first kappa shape index (κ1) is 16.0. The van der Waals surface area contributed by atoms with Crippen LogP contribution >= 0.6 is 0 Å². The maximum atomic E-state index is 12.3. The van der Waals surface area contributed by atoms with Crippen molar-refractivity contribution in [3.63, 3.8) is 0 Å². The van der Waals surface area contributed by atoms with Gasteiger partial charge < -0.3 is 14.2 Å². The summed E-state index contributed by atoms with van der Waals surface area (Å²) in [4.78, 5) is 27.8. The van der Waals surface area contributed by atoms with Crippen LogP contribution in [0, 0.1) is 5.41 Å². The zero-order valence-corrected chi connectivity index (χ0v) is 13.8. The first-order valence-electron chi connectivity index (χ1n) is 7.55. The molecule has 1 aromatic heterocycles. The van der Waals surface area contributed by atoms with E-state index in [2.05, 4.69) is 0 Å². The van der Waals surface area contributed by atoms with Gasteiger partial charge in [0.15, 0.2) is 0 Å². The van der Waals surface area contributed by atoms with E-state index in [4.69, 9.17) is 4.42 Å². The summed E-state index contributed by atoms with van der Waals surface area (Å²) in [6, 6.07) is 1.65. The lowest BCUT2D eigenvalue weighted by Crippen LogP contribution is -2.59. The summed E-state index contributed by atoms with van der Waals surface area (Å²) in [5, 5.41) is 0. The molecule has 0 N–H and O–H groups in total. The zero-order chi connectivity index (χ0) is 16.7. The van der Waals surface area contributed by atoms with Crippen molar-refractivity contribution in [2.24, 2.45) is 5.41 Å². The largest absolute Gasteiger partial charge is 0.472 e. The minimum Gasteiger partial charge on any atom is -0.472 e. The Hall–Kier alpha value is -1.83. The smallest absolute Gasteiger partial charge is 0.257 e. The number of likely N-dealkylation sites (tertiary alicyclic amines) is 2. The van der Waals surface area contributed by atoms with Crippen molar-refractivity contribution in [2.75, 3.05) is 38.2 Å². The molecular weight excluding hydrogens is 320 g/mol. The summed E-state index contributed by atoms with van der Waals surface area (Å²) in [5.74, 6) is -0.279. The molecule has 2 saturated heterocycles. The van der Waals surface area contributed by atoms with Crippen LogP contribution in [-0.2, 0) is 14.6 Å². The molecule has 7 nitrogen and oxygen atoms in total. The van der Waals surface area contributed by atoms with Crippen molar-refractivity contribution in [1.29, 1.82) is 0 Å². The number of hydrogen-bond donors (Lipinski definition) is 0. The minimum absolute atomic E-state index is 0.0276. The molecule has 0 bridgehead atoms. The van der Waals surface area contributed by atoms with Crippen molar-refractivity contribution in [1.82, 2.24) is 9.80 Å². The summed E-state index contributed by atoms with van der Waals surface area (Å²) in [5.41, 5.74) is 0.516. The Labute approximate surface area is 135 Å². The van der Waals surface area contributed by atoms with Gasteiger partial charge in [0.2, 0.25) is 5.91 Å². The van der Waals surface area contributed by atoms with Crippen LogP contribution in [0.15, 0.2) is 23.0 Å². The highest BCUT2D eigenvalue weighted by Gasteiger charge is 2.50. The van der Waals surface area contributed by atoms with Gasteiger partial charge in [-0.05, 0) is 12.5 Å². The van der Waals surface area contributed by atoms with E-state index in [0.717, 1.165) is 12.7 Å². The van der Waals surface area contributed by atoms with Gasteiger partial charge in [0.1, 0.15) is 16.1 Å². The van der Waals surface area contributed by atoms with E-state index in [-0.39, 0.29) is 29.4 Å². The van der Waals surface area contributed by atoms with E-state index in [0.29, 0.717) is 31.7 Å². The Kier molecular flexibility index (Phi) is 3.95. The molecule has 0 atom stereocenters. The van der Waals surface area contributed by atoms with E-state index in [1.165, 1.54) is 12.5 Å². The lowest BCUT2D eigenvalue weighted by Gasteiger charge is -2.48. The van der Waals surface area contributed by atoms with Crippen molar-refractivity contribution >= 4 is 21.7 Å². The van der Waals surface area contributed by atoms with Gasteiger partial charge in [-0.3, -0.25) is 9.59 Å². The van der Waals surface area contributed by atoms with Crippen LogP contribution in [-0.4, -0.2) is 68.2 Å². The van der Waals surface area contributed by atoms with E-state index in [9.17, 15) is 18.0 Å². The molecule has 0 aromatic carbocycles. The van der Waals surface area contributed by atoms with Crippen molar-refractivity contribution in [2.45, 2.75) is 12.8 Å². The molecule has 0 saturated carbocycles. The quantitative estimate of drug-likeness (QED) is 0.791. The van der Waals surface area contributed by atoms with Gasteiger partial charge in [-0.25, -0.2) is 8.42 Å². The second-order valence-corrected chi connectivity index (χ2v) is 8.88. The number of amides is 2. The molecule has 1 aromatic rings. The van der Waals surface area contributed by atoms with Crippen LogP contribution < -0.4 is 0 Å². The number of carbonyl (C=O) groups excluding carboxylic acids is 2. The Morgan fingerprint density at radius 3 is 2.57 bits per heavy atom. The predicted octanol–water partition coefficient (Wildman–Crippen LogP) is 0.389. The van der Waals surface area contributed by atoms with Crippen LogP contribution in [0.1, 0.15) is 23.2 Å². The molecule has 2 aliphatic heterocycles. The van der Waals surface area contributed by atoms with E-state index >= 15 is 0 Å². The average molecular weight is 340 g/mol. The molecule has 3 heterocycles. The minimum atomic E-state index is -3.12. The maximum absolute atomic E-state index is 12.3. The fourth-order valence-electron chi connectivity index (χ4n) is 3.31. The van der Waals surface area contributed by atoms with Gasteiger partial charge in [-0.15, -0.1) is 0 Å². The molecule has 23 heavy (non-hydrogen) atoms. The van der Waals surface area contributed by atoms with E-state index in [1.54, 1.807) is 15.9 Å². The third-order valence-electron chi connectivity index (χ3n) is 4.59. The van der Waals surface area contributed by atoms with Crippen LogP contribution in [0.3, 0.4) is 0 Å². The zero-order valence-electron chi connectivity index (χ0n) is 13.0. The normalized spacial score (nSPS) is 19.9. The fourth-order valence-corrected chi connectivity index (χ4v) is 3.85. The maximum Gasteiger partial charge on any atom is 0.257 e. The Balaban J connectivity index is 1.51. The van der Waals surface area contributed by atoms with Crippen LogP contribution in [0.25, 0.3) is 0 Å². The van der Waals surface area contributed by atoms with E-state index in [1.807, 2.05) is 0 Å². The van der Waals surface area contributed by atoms with Gasteiger partial charge >= 0.3 is 0 Å². The van der Waals surface area contributed by atoms with Gasteiger partial charge in [0, 0.05) is 44.3 Å². The Morgan fingerprint density at radius 1 is 1.26 bits per heavy atom. The number of sulfone groups is 1. The summed E-state index contributed by atoms with van der Waals surface area (Å²) in [7, 11) is -3.12. The van der Waals surface area contributed by atoms with Crippen molar-refractivity contribution in [3.8, 4) is 0 Å². The first-order valence-corrected chi connectivity index (χ1v) is 9.61. The molecule has 2 aliphatic rings. The molecule has 3 rings (SSSR count). The predicted molar refractivity (Wildman–Crippen MR) is 82.6 cm³/mol. The molecular formula is C15H20N2O5S. The fraction of sp³-hybridized carbons (Fsp3) is 0.600. The number of nitrogens with zero attached hydrogens (tertiary/aromatic N) is 2. The standard InChI is InChI=1S/C15H20N2O5S/c1-23(20,21)7-3-13(18)17-10-15(11-17)4-5-16(9-15)14(19)12-2-6-22-8-12/h2,6,8H,3-5,7,9-11H2,1H3. The number of rotatable bonds is 4. The topological polar surface area (TPSA) is 87.9 Å². The molecule has 0 radical (unpaired) electrons. The molecule has 2 fully saturated rings. The lowest BCUT2D eigenvalue weighted by molar-refractivity contribution is -0.142. The SMILES string of the molecule is CS(=O)(=O)CCC(=O)N1CC2(CCN(C(=O)c3ccoc3)C2)C1. The van der Waals surface area contributed by atoms with E-state index < -0.39 is 9.84 Å². The highest BCUT2D eigenvalue weighted by atomic mass is 32.2. The van der Waals surface area contributed by atoms with Crippen LogP contribution in [0.5, 0.6) is 0 Å². The Bertz CT molecular complexity index is 704. The Morgan fingerprint density at radius 2 is 1.96 bits per heavy atom. The third-order valence-corrected chi connectivity index (χ3v) is 5.53. The first-order chi connectivity index (χ1) is 10.8. The highest BCUT2D eigenvalue weighted by Crippen LogP contribution is 2.40. The van der Waals surface area contributed by atoms with Crippen molar-refractivity contribution < 1.29 is 22.4 Å². The summed E-state index contributed by atoms with van der Waals surface area (Å²) in [6.07, 6.45) is 4.95. The number of furan rings is 1. The van der Waals surface area contributed by atoms with Gasteiger partial charge in [0.05, 0.1) is 17.6 Å². The third kappa shape index (κ3) is 3.41.